The lowest BCUT2D eigenvalue weighted by Crippen LogP contribution is -2.52. The van der Waals surface area contributed by atoms with E-state index in [0.29, 0.717) is 19.0 Å². The molecule has 1 aromatic heterocycles. The van der Waals surface area contributed by atoms with Gasteiger partial charge in [0.2, 0.25) is 5.95 Å². The van der Waals surface area contributed by atoms with E-state index in [0.717, 1.165) is 12.8 Å². The third-order valence-corrected chi connectivity index (χ3v) is 4.40. The molecule has 3 rings (SSSR count). The summed E-state index contributed by atoms with van der Waals surface area (Å²) in [5.74, 6) is 0.349. The van der Waals surface area contributed by atoms with Gasteiger partial charge in [-0.1, -0.05) is 5.10 Å². The molecule has 0 aromatic carbocycles. The van der Waals surface area contributed by atoms with Gasteiger partial charge >= 0.3 is 5.97 Å². The van der Waals surface area contributed by atoms with Crippen molar-refractivity contribution in [1.29, 1.82) is 0 Å². The monoisotopic (exact) mass is 295 g/mol. The summed E-state index contributed by atoms with van der Waals surface area (Å²) in [6.07, 6.45) is 2.66. The number of rotatable bonds is 3. The van der Waals surface area contributed by atoms with Crippen molar-refractivity contribution in [3.63, 3.8) is 0 Å². The van der Waals surface area contributed by atoms with Gasteiger partial charge in [-0.3, -0.25) is 0 Å². The first-order chi connectivity index (χ1) is 10.0. The Morgan fingerprint density at radius 2 is 2.19 bits per heavy atom. The molecule has 21 heavy (non-hydrogen) atoms. The Morgan fingerprint density at radius 1 is 1.43 bits per heavy atom. The van der Waals surface area contributed by atoms with Crippen molar-refractivity contribution in [2.24, 2.45) is 0 Å². The van der Waals surface area contributed by atoms with Crippen molar-refractivity contribution in [2.45, 2.75) is 50.9 Å². The van der Waals surface area contributed by atoms with E-state index in [1.165, 1.54) is 13.5 Å². The molecule has 0 unspecified atom stereocenters. The van der Waals surface area contributed by atoms with Gasteiger partial charge in [-0.05, 0) is 43.5 Å². The van der Waals surface area contributed by atoms with Crippen LogP contribution < -0.4 is 4.90 Å². The van der Waals surface area contributed by atoms with E-state index in [-0.39, 0.29) is 17.6 Å². The molecular weight excluding hydrogens is 274 g/mol. The number of methoxy groups -OCH3 is 1. The molecule has 8 heteroatoms. The number of aromatic nitrogens is 4. The van der Waals surface area contributed by atoms with Crippen LogP contribution in [0, 0.1) is 0 Å². The Kier molecular flexibility index (Phi) is 3.56. The molecule has 116 valence electrons. The van der Waals surface area contributed by atoms with E-state index >= 15 is 0 Å². The summed E-state index contributed by atoms with van der Waals surface area (Å²) in [4.78, 5) is 13.8. The Hall–Kier alpha value is -1.70. The zero-order valence-electron chi connectivity index (χ0n) is 12.7. The predicted molar refractivity (Wildman–Crippen MR) is 73.9 cm³/mol. The lowest BCUT2D eigenvalue weighted by Gasteiger charge is -2.41. The van der Waals surface area contributed by atoms with Crippen LogP contribution in [0.4, 0.5) is 5.95 Å². The zero-order chi connectivity index (χ0) is 15.0. The Labute approximate surface area is 123 Å². The Morgan fingerprint density at radius 3 is 2.81 bits per heavy atom. The molecular formula is C13H21N5O3. The molecule has 1 saturated carbocycles. The highest BCUT2D eigenvalue weighted by Gasteiger charge is 2.40. The summed E-state index contributed by atoms with van der Waals surface area (Å²) in [5.41, 5.74) is -0.0128. The predicted octanol–water partition coefficient (Wildman–Crippen LogP) is 0.339. The summed E-state index contributed by atoms with van der Waals surface area (Å²) in [6, 6.07) is 0. The zero-order valence-corrected chi connectivity index (χ0v) is 12.7. The number of morpholine rings is 1. The van der Waals surface area contributed by atoms with E-state index in [9.17, 15) is 4.79 Å². The van der Waals surface area contributed by atoms with E-state index < -0.39 is 6.10 Å². The van der Waals surface area contributed by atoms with Gasteiger partial charge in [-0.2, -0.15) is 0 Å². The normalized spacial score (nSPS) is 28.0. The SMILES string of the molecule is COC(=O)[C@@H]1CN(c2nnnn2C2(C)CCC2)C[C@@H](C)O1. The summed E-state index contributed by atoms with van der Waals surface area (Å²) in [7, 11) is 1.37. The highest BCUT2D eigenvalue weighted by molar-refractivity contribution is 5.75. The van der Waals surface area contributed by atoms with Crippen LogP contribution in [0.3, 0.4) is 0 Å². The number of anilines is 1. The van der Waals surface area contributed by atoms with Crippen LogP contribution in [-0.2, 0) is 19.8 Å². The number of nitrogens with zero attached hydrogens (tertiary/aromatic N) is 5. The first-order valence-electron chi connectivity index (χ1n) is 7.30. The summed E-state index contributed by atoms with van der Waals surface area (Å²) in [5, 5.41) is 12.1. The molecule has 0 spiro atoms. The maximum atomic E-state index is 11.7. The van der Waals surface area contributed by atoms with E-state index in [4.69, 9.17) is 9.47 Å². The topological polar surface area (TPSA) is 82.4 Å². The van der Waals surface area contributed by atoms with Gasteiger partial charge in [0.05, 0.1) is 25.3 Å². The fourth-order valence-corrected chi connectivity index (χ4v) is 3.01. The smallest absolute Gasteiger partial charge is 0.336 e. The van der Waals surface area contributed by atoms with Gasteiger partial charge in [-0.25, -0.2) is 9.48 Å². The number of carbonyl (C=O) groups is 1. The largest absolute Gasteiger partial charge is 0.467 e. The molecule has 1 aromatic rings. The highest BCUT2D eigenvalue weighted by Crippen LogP contribution is 2.40. The van der Waals surface area contributed by atoms with Gasteiger partial charge in [0.15, 0.2) is 6.10 Å². The van der Waals surface area contributed by atoms with Crippen molar-refractivity contribution >= 4 is 11.9 Å². The Bertz CT molecular complexity index is 528. The molecule has 2 heterocycles. The van der Waals surface area contributed by atoms with Crippen molar-refractivity contribution in [1.82, 2.24) is 20.2 Å². The van der Waals surface area contributed by atoms with Crippen molar-refractivity contribution < 1.29 is 14.3 Å². The molecule has 8 nitrogen and oxygen atoms in total. The van der Waals surface area contributed by atoms with Gasteiger partial charge < -0.3 is 14.4 Å². The second-order valence-electron chi connectivity index (χ2n) is 6.10. The molecule has 0 radical (unpaired) electrons. The summed E-state index contributed by atoms with van der Waals surface area (Å²) < 4.78 is 12.3. The second-order valence-corrected chi connectivity index (χ2v) is 6.10. The fourth-order valence-electron chi connectivity index (χ4n) is 3.01. The number of esters is 1. The van der Waals surface area contributed by atoms with Crippen molar-refractivity contribution in [3.05, 3.63) is 0 Å². The summed E-state index contributed by atoms with van der Waals surface area (Å²) in [6.45, 7) is 5.16. The molecule has 1 aliphatic carbocycles. The van der Waals surface area contributed by atoms with Gasteiger partial charge in [0, 0.05) is 6.54 Å². The van der Waals surface area contributed by atoms with Crippen LogP contribution in [0.15, 0.2) is 0 Å². The van der Waals surface area contributed by atoms with E-state index in [1.54, 1.807) is 0 Å². The maximum Gasteiger partial charge on any atom is 0.336 e. The average molecular weight is 295 g/mol. The lowest BCUT2D eigenvalue weighted by atomic mass is 9.79. The lowest BCUT2D eigenvalue weighted by molar-refractivity contribution is -0.158. The van der Waals surface area contributed by atoms with Crippen LogP contribution in [0.25, 0.3) is 0 Å². The van der Waals surface area contributed by atoms with Crippen LogP contribution >= 0.6 is 0 Å². The van der Waals surface area contributed by atoms with E-state index in [1.807, 2.05) is 16.5 Å². The summed E-state index contributed by atoms with van der Waals surface area (Å²) >= 11 is 0. The Balaban J connectivity index is 1.83. The second kappa shape index (κ2) is 5.25. The number of hydrogen-bond donors (Lipinski definition) is 0. The maximum absolute atomic E-state index is 11.7. The fraction of sp³-hybridized carbons (Fsp3) is 0.846. The third-order valence-electron chi connectivity index (χ3n) is 4.40. The molecule has 1 saturated heterocycles. The van der Waals surface area contributed by atoms with Crippen LogP contribution in [0.5, 0.6) is 0 Å². The molecule has 0 bridgehead atoms. The molecule has 2 fully saturated rings. The minimum atomic E-state index is -0.599. The van der Waals surface area contributed by atoms with Crippen LogP contribution in [0.1, 0.15) is 33.1 Å². The standard InChI is InChI=1S/C13H21N5O3/c1-9-7-17(8-10(21-9)11(19)20-3)12-14-15-16-18(12)13(2)5-4-6-13/h9-10H,4-8H2,1-3H3/t9-,10+/m1/s1. The molecule has 2 atom stereocenters. The number of hydrogen-bond acceptors (Lipinski definition) is 7. The number of carbonyl (C=O) groups excluding carboxylic acids is 1. The van der Waals surface area contributed by atoms with E-state index in [2.05, 4.69) is 22.4 Å². The van der Waals surface area contributed by atoms with Crippen molar-refractivity contribution in [2.75, 3.05) is 25.1 Å². The first-order valence-corrected chi connectivity index (χ1v) is 7.30. The highest BCUT2D eigenvalue weighted by atomic mass is 16.6. The molecule has 0 N–H and O–H groups in total. The average Bonchev–Trinajstić information content (AvgIpc) is 2.93. The van der Waals surface area contributed by atoms with Gasteiger partial charge in [-0.15, -0.1) is 0 Å². The molecule has 0 amide bonds. The number of tetrazole rings is 1. The molecule has 1 aliphatic heterocycles. The van der Waals surface area contributed by atoms with Gasteiger partial charge in [0.1, 0.15) is 0 Å². The third kappa shape index (κ3) is 2.48. The minimum absolute atomic E-state index is 0.0128. The van der Waals surface area contributed by atoms with Crippen LogP contribution in [0.2, 0.25) is 0 Å². The molecule has 2 aliphatic rings. The van der Waals surface area contributed by atoms with Gasteiger partial charge in [0.25, 0.3) is 0 Å². The first kappa shape index (κ1) is 14.2. The quantitative estimate of drug-likeness (QED) is 0.743. The number of ether oxygens (including phenoxy) is 2. The van der Waals surface area contributed by atoms with Crippen LogP contribution in [-0.4, -0.2) is 58.6 Å². The van der Waals surface area contributed by atoms with Crippen molar-refractivity contribution in [3.8, 4) is 0 Å². The minimum Gasteiger partial charge on any atom is -0.467 e.